The molecule has 0 amide bonds. The minimum atomic E-state index is 0.0868. The molecule has 0 aliphatic carbocycles. The molecule has 6 heteroatoms. The molecule has 6 nitrogen and oxygen atoms in total. The van der Waals surface area contributed by atoms with Gasteiger partial charge in [0.05, 0.1) is 6.20 Å². The van der Waals surface area contributed by atoms with Crippen molar-refractivity contribution in [1.82, 2.24) is 9.97 Å². The summed E-state index contributed by atoms with van der Waals surface area (Å²) < 4.78 is 0. The molecular formula is C12H13N5O. The lowest BCUT2D eigenvalue weighted by atomic mass is 10.2. The fourth-order valence-electron chi connectivity index (χ4n) is 1.51. The first kappa shape index (κ1) is 11.8. The first-order valence-corrected chi connectivity index (χ1v) is 5.30. The molecule has 0 fully saturated rings. The van der Waals surface area contributed by atoms with E-state index in [9.17, 15) is 0 Å². The van der Waals surface area contributed by atoms with Gasteiger partial charge in [-0.2, -0.15) is 0 Å². The third kappa shape index (κ3) is 2.37. The molecule has 0 atom stereocenters. The molecule has 2 rings (SSSR count). The van der Waals surface area contributed by atoms with Crippen molar-refractivity contribution in [2.45, 2.75) is 0 Å². The fourth-order valence-corrected chi connectivity index (χ4v) is 1.51. The number of hydrogen-bond acceptors (Lipinski definition) is 5. The van der Waals surface area contributed by atoms with E-state index in [1.54, 1.807) is 30.7 Å². The molecule has 0 spiro atoms. The Balaban J connectivity index is 2.25. The van der Waals surface area contributed by atoms with Crippen LogP contribution in [0, 0.1) is 0 Å². The predicted molar refractivity (Wildman–Crippen MR) is 69.0 cm³/mol. The van der Waals surface area contributed by atoms with Crippen LogP contribution in [0.2, 0.25) is 0 Å². The van der Waals surface area contributed by atoms with E-state index in [4.69, 9.17) is 10.9 Å². The Morgan fingerprint density at radius 3 is 2.56 bits per heavy atom. The van der Waals surface area contributed by atoms with Gasteiger partial charge in [-0.1, -0.05) is 5.16 Å². The van der Waals surface area contributed by atoms with Crippen LogP contribution in [0.1, 0.15) is 5.56 Å². The Morgan fingerprint density at radius 2 is 2.00 bits per heavy atom. The van der Waals surface area contributed by atoms with Gasteiger partial charge in [-0.15, -0.1) is 0 Å². The van der Waals surface area contributed by atoms with Crippen LogP contribution in [0.15, 0.2) is 48.0 Å². The Morgan fingerprint density at radius 1 is 1.28 bits per heavy atom. The Hall–Kier alpha value is -2.63. The molecule has 1 aromatic heterocycles. The van der Waals surface area contributed by atoms with Crippen LogP contribution < -0.4 is 10.6 Å². The molecule has 92 valence electrons. The number of hydrogen-bond donors (Lipinski definition) is 2. The summed E-state index contributed by atoms with van der Waals surface area (Å²) in [5.74, 6) is 0.831. The normalized spacial score (nSPS) is 11.3. The molecule has 0 saturated heterocycles. The highest BCUT2D eigenvalue weighted by Gasteiger charge is 2.05. The Labute approximate surface area is 104 Å². The van der Waals surface area contributed by atoms with Crippen molar-refractivity contribution in [2.24, 2.45) is 10.9 Å². The quantitative estimate of drug-likeness (QED) is 0.367. The summed E-state index contributed by atoms with van der Waals surface area (Å²) >= 11 is 0. The topological polar surface area (TPSA) is 87.6 Å². The van der Waals surface area contributed by atoms with Gasteiger partial charge in [-0.25, -0.2) is 4.98 Å². The highest BCUT2D eigenvalue weighted by molar-refractivity contribution is 5.97. The summed E-state index contributed by atoms with van der Waals surface area (Å²) in [6, 6.07) is 7.28. The second-order valence-electron chi connectivity index (χ2n) is 3.65. The zero-order valence-electron chi connectivity index (χ0n) is 9.85. The molecule has 18 heavy (non-hydrogen) atoms. The number of aromatic nitrogens is 2. The number of benzene rings is 1. The van der Waals surface area contributed by atoms with Crippen LogP contribution >= 0.6 is 0 Å². The van der Waals surface area contributed by atoms with Crippen molar-refractivity contribution in [3.8, 4) is 0 Å². The molecule has 0 radical (unpaired) electrons. The second kappa shape index (κ2) is 5.13. The maximum absolute atomic E-state index is 8.58. The van der Waals surface area contributed by atoms with Crippen molar-refractivity contribution in [3.05, 3.63) is 48.4 Å². The van der Waals surface area contributed by atoms with Crippen LogP contribution in [0.25, 0.3) is 0 Å². The van der Waals surface area contributed by atoms with Crippen LogP contribution in [0.3, 0.4) is 0 Å². The average molecular weight is 243 g/mol. The van der Waals surface area contributed by atoms with Crippen molar-refractivity contribution in [1.29, 1.82) is 0 Å². The van der Waals surface area contributed by atoms with Crippen LogP contribution in [-0.2, 0) is 0 Å². The number of oxime groups is 1. The second-order valence-corrected chi connectivity index (χ2v) is 3.65. The molecule has 0 bridgehead atoms. The van der Waals surface area contributed by atoms with E-state index in [0.717, 1.165) is 11.5 Å². The summed E-state index contributed by atoms with van der Waals surface area (Å²) in [5.41, 5.74) is 7.09. The van der Waals surface area contributed by atoms with Crippen LogP contribution in [-0.4, -0.2) is 28.1 Å². The lowest BCUT2D eigenvalue weighted by molar-refractivity contribution is 0.318. The molecule has 0 saturated carbocycles. The summed E-state index contributed by atoms with van der Waals surface area (Å²) in [5, 5.41) is 11.5. The minimum Gasteiger partial charge on any atom is -0.409 e. The number of nitrogens with zero attached hydrogens (tertiary/aromatic N) is 4. The molecule has 2 aromatic rings. The predicted octanol–water partition coefficient (Wildman–Crippen LogP) is 1.34. The van der Waals surface area contributed by atoms with Crippen molar-refractivity contribution in [2.75, 3.05) is 11.9 Å². The van der Waals surface area contributed by atoms with E-state index in [0.29, 0.717) is 5.56 Å². The van der Waals surface area contributed by atoms with Gasteiger partial charge in [0, 0.05) is 30.7 Å². The number of nitrogens with two attached hydrogens (primary N) is 1. The van der Waals surface area contributed by atoms with Crippen LogP contribution in [0.5, 0.6) is 0 Å². The number of rotatable bonds is 3. The van der Waals surface area contributed by atoms with Gasteiger partial charge in [-0.05, 0) is 24.3 Å². The van der Waals surface area contributed by atoms with E-state index in [2.05, 4.69) is 15.1 Å². The number of anilines is 2. The molecule has 0 aliphatic heterocycles. The van der Waals surface area contributed by atoms with Gasteiger partial charge in [-0.3, -0.25) is 4.98 Å². The zero-order valence-corrected chi connectivity index (χ0v) is 9.85. The van der Waals surface area contributed by atoms with E-state index in [-0.39, 0.29) is 5.84 Å². The summed E-state index contributed by atoms with van der Waals surface area (Å²) in [6.07, 6.45) is 4.94. The zero-order chi connectivity index (χ0) is 13.0. The lowest BCUT2D eigenvalue weighted by Crippen LogP contribution is -2.14. The Kier molecular flexibility index (Phi) is 3.38. The van der Waals surface area contributed by atoms with Gasteiger partial charge >= 0.3 is 0 Å². The van der Waals surface area contributed by atoms with Gasteiger partial charge in [0.2, 0.25) is 0 Å². The molecule has 1 heterocycles. The smallest absolute Gasteiger partial charge is 0.170 e. The third-order valence-corrected chi connectivity index (χ3v) is 2.55. The van der Waals surface area contributed by atoms with E-state index >= 15 is 0 Å². The van der Waals surface area contributed by atoms with Gasteiger partial charge < -0.3 is 15.8 Å². The third-order valence-electron chi connectivity index (χ3n) is 2.55. The molecule has 1 aromatic carbocycles. The Bertz CT molecular complexity index is 538. The largest absolute Gasteiger partial charge is 0.409 e. The van der Waals surface area contributed by atoms with Gasteiger partial charge in [0.15, 0.2) is 11.7 Å². The first-order valence-electron chi connectivity index (χ1n) is 5.30. The fraction of sp³-hybridized carbons (Fsp3) is 0.0833. The van der Waals surface area contributed by atoms with Crippen LogP contribution in [0.4, 0.5) is 11.5 Å². The summed E-state index contributed by atoms with van der Waals surface area (Å²) in [7, 11) is 1.89. The molecule has 0 unspecified atom stereocenters. The van der Waals surface area contributed by atoms with E-state index in [1.807, 2.05) is 24.1 Å². The molecular weight excluding hydrogens is 230 g/mol. The summed E-state index contributed by atoms with van der Waals surface area (Å²) in [4.78, 5) is 10.1. The number of amidine groups is 1. The SMILES string of the molecule is CN(c1ccc(/C(N)=N/O)cc1)c1cnccn1. The standard InChI is InChI=1S/C12H13N5O/c1-17(11-8-14-6-7-15-11)10-4-2-9(3-5-10)12(13)16-18/h2-8,18H,1H3,(H2,13,16). The van der Waals surface area contributed by atoms with E-state index in [1.165, 1.54) is 0 Å². The van der Waals surface area contributed by atoms with Crippen molar-refractivity contribution in [3.63, 3.8) is 0 Å². The van der Waals surface area contributed by atoms with Crippen molar-refractivity contribution >= 4 is 17.3 Å². The molecule has 0 aliphatic rings. The van der Waals surface area contributed by atoms with E-state index < -0.39 is 0 Å². The molecule has 3 N–H and O–H groups in total. The van der Waals surface area contributed by atoms with Gasteiger partial charge in [0.1, 0.15) is 0 Å². The summed E-state index contributed by atoms with van der Waals surface area (Å²) in [6.45, 7) is 0. The minimum absolute atomic E-state index is 0.0868. The monoisotopic (exact) mass is 243 g/mol. The van der Waals surface area contributed by atoms with Gasteiger partial charge in [0.25, 0.3) is 0 Å². The highest BCUT2D eigenvalue weighted by atomic mass is 16.4. The highest BCUT2D eigenvalue weighted by Crippen LogP contribution is 2.20. The average Bonchev–Trinajstić information content (AvgIpc) is 2.47. The first-order chi connectivity index (χ1) is 8.72. The maximum atomic E-state index is 8.58. The lowest BCUT2D eigenvalue weighted by Gasteiger charge is -2.17. The van der Waals surface area contributed by atoms with Crippen molar-refractivity contribution < 1.29 is 5.21 Å². The maximum Gasteiger partial charge on any atom is 0.170 e.